The molecule has 2 amide bonds. The fourth-order valence-corrected chi connectivity index (χ4v) is 2.64. The highest BCUT2D eigenvalue weighted by atomic mass is 35.5. The van der Waals surface area contributed by atoms with E-state index in [-0.39, 0.29) is 6.03 Å². The number of urea groups is 1. The summed E-state index contributed by atoms with van der Waals surface area (Å²) in [4.78, 5) is 18.5. The Bertz CT molecular complexity index is 526. The molecule has 0 saturated heterocycles. The number of alkyl halides is 1. The molecule has 0 saturated carbocycles. The lowest BCUT2D eigenvalue weighted by atomic mass is 9.92. The third-order valence-electron chi connectivity index (χ3n) is 3.80. The van der Waals surface area contributed by atoms with Crippen LogP contribution in [0, 0.1) is 0 Å². The van der Waals surface area contributed by atoms with Gasteiger partial charge in [0.25, 0.3) is 0 Å². The molecule has 2 rings (SSSR count). The fraction of sp³-hybridized carbons (Fsp3) is 0.571. The molecular formula is C14H21ClN4O2. The minimum atomic E-state index is -0.709. The smallest absolute Gasteiger partial charge is 0.323 e. The number of carbonyl (C=O) groups is 1. The minimum Gasteiger partial charge on any atom is -0.481 e. The Kier molecular flexibility index (Phi) is 4.90. The van der Waals surface area contributed by atoms with Crippen molar-refractivity contribution in [1.82, 2.24) is 10.3 Å². The number of pyridine rings is 1. The summed E-state index contributed by atoms with van der Waals surface area (Å²) >= 11 is 5.64. The Balaban J connectivity index is 2.39. The number of fused-ring (bicyclic) bond motifs is 1. The third-order valence-corrected chi connectivity index (χ3v) is 3.99. The van der Waals surface area contributed by atoms with Crippen molar-refractivity contribution in [3.05, 3.63) is 17.8 Å². The first kappa shape index (κ1) is 15.9. The lowest BCUT2D eigenvalue weighted by molar-refractivity contribution is 0.232. The van der Waals surface area contributed by atoms with Crippen molar-refractivity contribution in [2.24, 2.45) is 5.73 Å². The maximum atomic E-state index is 12.5. The lowest BCUT2D eigenvalue weighted by Gasteiger charge is -2.44. The van der Waals surface area contributed by atoms with E-state index in [4.69, 9.17) is 22.1 Å². The number of hydrogen-bond acceptors (Lipinski definition) is 4. The number of halogens is 1. The summed E-state index contributed by atoms with van der Waals surface area (Å²) in [5.41, 5.74) is 7.28. The molecule has 0 bridgehead atoms. The molecule has 0 aliphatic carbocycles. The molecule has 1 aromatic rings. The Hall–Kier alpha value is -1.53. The van der Waals surface area contributed by atoms with Gasteiger partial charge in [-0.05, 0) is 25.3 Å². The molecule has 1 atom stereocenters. The molecule has 1 aliphatic heterocycles. The highest BCUT2D eigenvalue weighted by Crippen LogP contribution is 2.36. The van der Waals surface area contributed by atoms with Gasteiger partial charge in [0, 0.05) is 18.5 Å². The van der Waals surface area contributed by atoms with Crippen molar-refractivity contribution in [2.75, 3.05) is 24.4 Å². The average molecular weight is 313 g/mol. The zero-order chi connectivity index (χ0) is 15.5. The van der Waals surface area contributed by atoms with Gasteiger partial charge in [0.1, 0.15) is 0 Å². The number of carbonyl (C=O) groups excluding carboxylic acids is 1. The van der Waals surface area contributed by atoms with E-state index in [1.54, 1.807) is 18.1 Å². The van der Waals surface area contributed by atoms with E-state index in [2.05, 4.69) is 10.3 Å². The van der Waals surface area contributed by atoms with Crippen molar-refractivity contribution in [1.29, 1.82) is 0 Å². The Morgan fingerprint density at radius 1 is 1.62 bits per heavy atom. The number of nitrogens with one attached hydrogen (secondary N) is 1. The molecule has 3 N–H and O–H groups in total. The largest absolute Gasteiger partial charge is 0.481 e. The summed E-state index contributed by atoms with van der Waals surface area (Å²) in [6.07, 6.45) is 2.04. The second-order valence-corrected chi connectivity index (χ2v) is 5.41. The highest BCUT2D eigenvalue weighted by Gasteiger charge is 2.40. The average Bonchev–Trinajstić information content (AvgIpc) is 2.52. The predicted molar refractivity (Wildman–Crippen MR) is 82.9 cm³/mol. The van der Waals surface area contributed by atoms with Gasteiger partial charge in [-0.25, -0.2) is 9.78 Å². The zero-order valence-corrected chi connectivity index (χ0v) is 13.1. The Labute approximate surface area is 129 Å². The van der Waals surface area contributed by atoms with E-state index in [1.807, 2.05) is 13.0 Å². The van der Waals surface area contributed by atoms with Gasteiger partial charge in [-0.1, -0.05) is 6.92 Å². The quantitative estimate of drug-likeness (QED) is 0.832. The van der Waals surface area contributed by atoms with Gasteiger partial charge in [0.2, 0.25) is 5.88 Å². The van der Waals surface area contributed by atoms with Gasteiger partial charge in [0.05, 0.1) is 24.2 Å². The van der Waals surface area contributed by atoms with Crippen molar-refractivity contribution in [3.63, 3.8) is 0 Å². The first-order valence-corrected chi connectivity index (χ1v) is 7.56. The first-order valence-electron chi connectivity index (χ1n) is 7.02. The first-order chi connectivity index (χ1) is 10.1. The molecule has 6 nitrogen and oxygen atoms in total. The van der Waals surface area contributed by atoms with Crippen LogP contribution in [0.1, 0.15) is 25.5 Å². The molecule has 0 fully saturated rings. The minimum absolute atomic E-state index is 0.243. The second-order valence-electron chi connectivity index (χ2n) is 5.03. The molecule has 2 heterocycles. The predicted octanol–water partition coefficient (Wildman–Crippen LogP) is 1.86. The molecule has 21 heavy (non-hydrogen) atoms. The number of methoxy groups -OCH3 is 1. The number of nitrogens with two attached hydrogens (primary N) is 1. The van der Waals surface area contributed by atoms with Crippen LogP contribution in [0.3, 0.4) is 0 Å². The summed E-state index contributed by atoms with van der Waals surface area (Å²) in [7, 11) is 1.57. The fourth-order valence-electron chi connectivity index (χ4n) is 2.54. The third kappa shape index (κ3) is 3.06. The summed E-state index contributed by atoms with van der Waals surface area (Å²) in [5, 5.41) is 2.78. The molecule has 7 heteroatoms. The number of aryl methyl sites for hydroxylation is 1. The molecule has 0 radical (unpaired) electrons. The summed E-state index contributed by atoms with van der Waals surface area (Å²) < 4.78 is 5.14. The van der Waals surface area contributed by atoms with Gasteiger partial charge in [-0.15, -0.1) is 11.6 Å². The van der Waals surface area contributed by atoms with Gasteiger partial charge in [-0.2, -0.15) is 0 Å². The number of amides is 2. The number of aromatic nitrogens is 1. The van der Waals surface area contributed by atoms with Crippen LogP contribution in [0.15, 0.2) is 12.1 Å². The van der Waals surface area contributed by atoms with E-state index in [9.17, 15) is 4.79 Å². The van der Waals surface area contributed by atoms with E-state index >= 15 is 0 Å². The van der Waals surface area contributed by atoms with Gasteiger partial charge < -0.3 is 15.8 Å². The monoisotopic (exact) mass is 312 g/mol. The van der Waals surface area contributed by atoms with Crippen molar-refractivity contribution >= 4 is 23.3 Å². The van der Waals surface area contributed by atoms with Gasteiger partial charge in [0.15, 0.2) is 0 Å². The summed E-state index contributed by atoms with van der Waals surface area (Å²) in [5.74, 6) is 0.896. The van der Waals surface area contributed by atoms with Crippen LogP contribution >= 0.6 is 11.6 Å². The topological polar surface area (TPSA) is 80.5 Å². The van der Waals surface area contributed by atoms with Crippen LogP contribution in [0.2, 0.25) is 0 Å². The van der Waals surface area contributed by atoms with Crippen molar-refractivity contribution < 1.29 is 9.53 Å². The number of anilines is 1. The molecule has 1 aromatic heterocycles. The summed E-state index contributed by atoms with van der Waals surface area (Å²) in [6, 6.07) is 3.33. The van der Waals surface area contributed by atoms with E-state index in [0.29, 0.717) is 31.1 Å². The molecule has 1 unspecified atom stereocenters. The van der Waals surface area contributed by atoms with Crippen LogP contribution in [-0.4, -0.2) is 36.2 Å². The highest BCUT2D eigenvalue weighted by molar-refractivity contribution is 6.18. The van der Waals surface area contributed by atoms with Crippen molar-refractivity contribution in [2.45, 2.75) is 31.8 Å². The molecule has 0 spiro atoms. The van der Waals surface area contributed by atoms with Crippen LogP contribution in [0.4, 0.5) is 10.5 Å². The number of rotatable bonds is 4. The molecule has 116 valence electrons. The number of hydrogen-bond donors (Lipinski definition) is 2. The van der Waals surface area contributed by atoms with Gasteiger partial charge >= 0.3 is 6.03 Å². The zero-order valence-electron chi connectivity index (χ0n) is 12.4. The van der Waals surface area contributed by atoms with E-state index in [0.717, 1.165) is 17.8 Å². The summed E-state index contributed by atoms with van der Waals surface area (Å²) in [6.45, 7) is 2.37. The van der Waals surface area contributed by atoms with Crippen LogP contribution in [0.5, 0.6) is 5.88 Å². The number of nitrogens with zero attached hydrogens (tertiary/aromatic N) is 2. The van der Waals surface area contributed by atoms with Crippen LogP contribution in [-0.2, 0) is 6.42 Å². The maximum Gasteiger partial charge on any atom is 0.323 e. The van der Waals surface area contributed by atoms with Crippen LogP contribution in [0.25, 0.3) is 0 Å². The Morgan fingerprint density at radius 3 is 3.00 bits per heavy atom. The van der Waals surface area contributed by atoms with E-state index < -0.39 is 5.66 Å². The lowest BCUT2D eigenvalue weighted by Crippen LogP contribution is -2.63. The second kappa shape index (κ2) is 6.49. The Morgan fingerprint density at radius 2 is 2.38 bits per heavy atom. The normalized spacial score (nSPS) is 20.9. The van der Waals surface area contributed by atoms with Gasteiger partial charge in [-0.3, -0.25) is 4.90 Å². The SMILES string of the molecule is CCC1(N)CCc2nc(OC)ccc2N1C(=O)NCCCl. The maximum absolute atomic E-state index is 12.5. The number of ether oxygens (including phenoxy) is 1. The van der Waals surface area contributed by atoms with Crippen LogP contribution < -0.4 is 20.7 Å². The molecule has 1 aliphatic rings. The van der Waals surface area contributed by atoms with E-state index in [1.165, 1.54) is 0 Å². The van der Waals surface area contributed by atoms with Crippen molar-refractivity contribution in [3.8, 4) is 5.88 Å². The molecular weight excluding hydrogens is 292 g/mol. The molecule has 0 aromatic carbocycles. The standard InChI is InChI=1S/C14H21ClN4O2/c1-3-14(16)7-6-10-11(4-5-12(18-10)21-2)19(14)13(20)17-9-8-15/h4-5H,3,6-9,16H2,1-2H3,(H,17,20).